The van der Waals surface area contributed by atoms with E-state index in [2.05, 4.69) is 5.16 Å². The maximum absolute atomic E-state index is 11.9. The van der Waals surface area contributed by atoms with Crippen LogP contribution in [0.4, 0.5) is 11.4 Å². The predicted octanol–water partition coefficient (Wildman–Crippen LogP) is 1.18. The van der Waals surface area contributed by atoms with Gasteiger partial charge < -0.3 is 19.9 Å². The molecule has 0 radical (unpaired) electrons. The number of carbonyl (C=O) groups excluding carboxylic acids is 1. The van der Waals surface area contributed by atoms with Crippen LogP contribution in [-0.2, 0) is 11.3 Å². The summed E-state index contributed by atoms with van der Waals surface area (Å²) in [7, 11) is 0. The molecule has 1 amide bonds. The maximum atomic E-state index is 11.9. The summed E-state index contributed by atoms with van der Waals surface area (Å²) in [6, 6.07) is 5.23. The Kier molecular flexibility index (Phi) is 2.40. The molecular formula is C12H11N3O3. The second-order valence-corrected chi connectivity index (χ2v) is 4.03. The first-order valence-corrected chi connectivity index (χ1v) is 5.45. The fraction of sp³-hybridized carbons (Fsp3) is 0.167. The topological polar surface area (TPSA) is 81.6 Å². The van der Waals surface area contributed by atoms with Crippen LogP contribution in [0, 0.1) is 0 Å². The number of carbonyl (C=O) groups is 1. The molecule has 0 fully saturated rings. The lowest BCUT2D eigenvalue weighted by Gasteiger charge is -2.29. The van der Waals surface area contributed by atoms with E-state index in [9.17, 15) is 4.79 Å². The molecule has 1 aliphatic rings. The van der Waals surface area contributed by atoms with Gasteiger partial charge in [0.1, 0.15) is 12.0 Å². The van der Waals surface area contributed by atoms with Gasteiger partial charge in [-0.1, -0.05) is 5.16 Å². The second-order valence-electron chi connectivity index (χ2n) is 4.03. The van der Waals surface area contributed by atoms with Gasteiger partial charge in [0.25, 0.3) is 5.91 Å². The van der Waals surface area contributed by atoms with Crippen molar-refractivity contribution in [2.24, 2.45) is 0 Å². The van der Waals surface area contributed by atoms with E-state index in [1.165, 1.54) is 6.26 Å². The molecule has 0 saturated carbocycles. The molecule has 2 heterocycles. The summed E-state index contributed by atoms with van der Waals surface area (Å²) in [5.41, 5.74) is 7.82. The van der Waals surface area contributed by atoms with Gasteiger partial charge in [-0.25, -0.2) is 0 Å². The van der Waals surface area contributed by atoms with Gasteiger partial charge in [-0.3, -0.25) is 4.79 Å². The van der Waals surface area contributed by atoms with E-state index in [1.807, 2.05) is 0 Å². The maximum Gasteiger partial charge on any atom is 0.265 e. The van der Waals surface area contributed by atoms with Crippen LogP contribution in [0.15, 0.2) is 35.2 Å². The zero-order valence-electron chi connectivity index (χ0n) is 9.50. The van der Waals surface area contributed by atoms with Crippen LogP contribution < -0.4 is 15.4 Å². The highest BCUT2D eigenvalue weighted by Gasteiger charge is 2.26. The van der Waals surface area contributed by atoms with Gasteiger partial charge in [0.05, 0.1) is 18.4 Å². The Bertz CT molecular complexity index is 580. The van der Waals surface area contributed by atoms with Crippen molar-refractivity contribution in [1.29, 1.82) is 0 Å². The molecule has 1 aromatic carbocycles. The number of hydrogen-bond acceptors (Lipinski definition) is 5. The number of benzene rings is 1. The summed E-state index contributed by atoms with van der Waals surface area (Å²) < 4.78 is 10.1. The van der Waals surface area contributed by atoms with Gasteiger partial charge in [0.15, 0.2) is 6.61 Å². The summed E-state index contributed by atoms with van der Waals surface area (Å²) in [6.45, 7) is 0.421. The molecule has 2 N–H and O–H groups in total. The lowest BCUT2D eigenvalue weighted by molar-refractivity contribution is -0.121. The summed E-state index contributed by atoms with van der Waals surface area (Å²) in [5, 5.41) is 3.62. The van der Waals surface area contributed by atoms with Crippen molar-refractivity contribution in [3.05, 3.63) is 36.2 Å². The monoisotopic (exact) mass is 245 g/mol. The molecule has 1 aromatic heterocycles. The second kappa shape index (κ2) is 4.06. The minimum atomic E-state index is -0.116. The van der Waals surface area contributed by atoms with E-state index in [1.54, 1.807) is 29.3 Å². The van der Waals surface area contributed by atoms with E-state index in [0.29, 0.717) is 23.7 Å². The predicted molar refractivity (Wildman–Crippen MR) is 64.0 cm³/mol. The van der Waals surface area contributed by atoms with Gasteiger partial charge in [0, 0.05) is 11.3 Å². The number of fused-ring (bicyclic) bond motifs is 1. The molecule has 3 rings (SSSR count). The summed E-state index contributed by atoms with van der Waals surface area (Å²) in [4.78, 5) is 13.5. The Hall–Kier alpha value is -2.50. The Balaban J connectivity index is 1.98. The first kappa shape index (κ1) is 10.6. The third kappa shape index (κ3) is 1.77. The molecule has 6 nitrogen and oxygen atoms in total. The van der Waals surface area contributed by atoms with E-state index >= 15 is 0 Å². The third-order valence-corrected chi connectivity index (χ3v) is 2.75. The van der Waals surface area contributed by atoms with Crippen molar-refractivity contribution < 1.29 is 14.1 Å². The number of rotatable bonds is 2. The number of ether oxygens (including phenoxy) is 1. The van der Waals surface area contributed by atoms with Crippen LogP contribution >= 0.6 is 0 Å². The zero-order chi connectivity index (χ0) is 12.5. The van der Waals surface area contributed by atoms with Crippen LogP contribution in [0.1, 0.15) is 5.56 Å². The quantitative estimate of drug-likeness (QED) is 0.803. The van der Waals surface area contributed by atoms with Crippen LogP contribution in [0.25, 0.3) is 0 Å². The zero-order valence-corrected chi connectivity index (χ0v) is 9.50. The van der Waals surface area contributed by atoms with Crippen LogP contribution in [0.2, 0.25) is 0 Å². The first-order valence-electron chi connectivity index (χ1n) is 5.45. The SMILES string of the molecule is Nc1ccc2c(c1)N(Cc1cnoc1)C(=O)CO2. The minimum Gasteiger partial charge on any atom is -0.482 e. The number of aromatic nitrogens is 1. The van der Waals surface area contributed by atoms with Crippen LogP contribution in [0.5, 0.6) is 5.75 Å². The number of nitrogens with zero attached hydrogens (tertiary/aromatic N) is 2. The molecule has 1 aliphatic heterocycles. The summed E-state index contributed by atoms with van der Waals surface area (Å²) in [5.74, 6) is 0.537. The van der Waals surface area contributed by atoms with Gasteiger partial charge >= 0.3 is 0 Å². The number of amides is 1. The molecule has 0 saturated heterocycles. The average Bonchev–Trinajstić information content (AvgIpc) is 2.86. The highest BCUT2D eigenvalue weighted by atomic mass is 16.5. The third-order valence-electron chi connectivity index (χ3n) is 2.75. The molecule has 0 spiro atoms. The van der Waals surface area contributed by atoms with Crippen molar-refractivity contribution in [2.75, 3.05) is 17.2 Å². The van der Waals surface area contributed by atoms with Crippen molar-refractivity contribution in [3.63, 3.8) is 0 Å². The molecule has 2 aromatic rings. The summed E-state index contributed by atoms with van der Waals surface area (Å²) >= 11 is 0. The highest BCUT2D eigenvalue weighted by Crippen LogP contribution is 2.34. The fourth-order valence-electron chi connectivity index (χ4n) is 1.88. The Labute approximate surface area is 103 Å². The van der Waals surface area contributed by atoms with Crippen LogP contribution in [0.3, 0.4) is 0 Å². The van der Waals surface area contributed by atoms with Gasteiger partial charge in [-0.15, -0.1) is 0 Å². The Morgan fingerprint density at radius 2 is 2.33 bits per heavy atom. The number of hydrogen-bond donors (Lipinski definition) is 1. The highest BCUT2D eigenvalue weighted by molar-refractivity contribution is 5.98. The molecule has 92 valence electrons. The normalized spacial score (nSPS) is 14.2. The summed E-state index contributed by atoms with van der Waals surface area (Å²) in [6.07, 6.45) is 3.09. The fourth-order valence-corrected chi connectivity index (χ4v) is 1.88. The van der Waals surface area contributed by atoms with E-state index in [4.69, 9.17) is 15.0 Å². The van der Waals surface area contributed by atoms with Crippen LogP contribution in [-0.4, -0.2) is 17.7 Å². The van der Waals surface area contributed by atoms with Crippen molar-refractivity contribution >= 4 is 17.3 Å². The van der Waals surface area contributed by atoms with E-state index in [0.717, 1.165) is 5.56 Å². The van der Waals surface area contributed by atoms with Crippen molar-refractivity contribution in [1.82, 2.24) is 5.16 Å². The van der Waals surface area contributed by atoms with E-state index in [-0.39, 0.29) is 12.5 Å². The number of nitrogens with two attached hydrogens (primary N) is 1. The Morgan fingerprint density at radius 3 is 3.11 bits per heavy atom. The molecule has 18 heavy (non-hydrogen) atoms. The molecule has 0 aliphatic carbocycles. The number of nitrogen functional groups attached to an aromatic ring is 1. The molecule has 6 heteroatoms. The number of anilines is 2. The molecular weight excluding hydrogens is 234 g/mol. The molecule has 0 unspecified atom stereocenters. The van der Waals surface area contributed by atoms with Gasteiger partial charge in [0.2, 0.25) is 0 Å². The molecule has 0 atom stereocenters. The van der Waals surface area contributed by atoms with Gasteiger partial charge in [-0.2, -0.15) is 0 Å². The largest absolute Gasteiger partial charge is 0.482 e. The minimum absolute atomic E-state index is 0.0300. The lowest BCUT2D eigenvalue weighted by Crippen LogP contribution is -2.38. The Morgan fingerprint density at radius 1 is 1.44 bits per heavy atom. The van der Waals surface area contributed by atoms with Gasteiger partial charge in [-0.05, 0) is 18.2 Å². The van der Waals surface area contributed by atoms with Crippen molar-refractivity contribution in [2.45, 2.75) is 6.54 Å². The standard InChI is InChI=1S/C12H11N3O3/c13-9-1-2-11-10(3-9)15(12(16)7-17-11)5-8-4-14-18-6-8/h1-4,6H,5,7,13H2. The first-order chi connectivity index (χ1) is 8.74. The van der Waals surface area contributed by atoms with E-state index < -0.39 is 0 Å². The lowest BCUT2D eigenvalue weighted by atomic mass is 10.2. The molecule has 0 bridgehead atoms. The average molecular weight is 245 g/mol. The smallest absolute Gasteiger partial charge is 0.265 e. The van der Waals surface area contributed by atoms with Crippen molar-refractivity contribution in [3.8, 4) is 5.75 Å².